The molecule has 1 amide bonds. The molecule has 0 aliphatic carbocycles. The lowest BCUT2D eigenvalue weighted by atomic mass is 9.85. The van der Waals surface area contributed by atoms with Gasteiger partial charge in [-0.2, -0.15) is 0 Å². The Balaban J connectivity index is 2.62. The van der Waals surface area contributed by atoms with Crippen LogP contribution in [0.5, 0.6) is 0 Å². The number of aliphatic hydroxyl groups is 1. The maximum Gasteiger partial charge on any atom is 0.410 e. The lowest BCUT2D eigenvalue weighted by Crippen LogP contribution is -2.74. The number of rotatable bonds is 2. The Kier molecular flexibility index (Phi) is 3.90. The van der Waals surface area contributed by atoms with E-state index in [-0.39, 0.29) is 13.2 Å². The Morgan fingerprint density at radius 1 is 1.44 bits per heavy atom. The number of nitrogens with zero attached hydrogens (tertiary/aromatic N) is 1. The van der Waals surface area contributed by atoms with Gasteiger partial charge in [-0.15, -0.1) is 0 Å². The zero-order valence-corrected chi connectivity index (χ0v) is 11.5. The molecular weight excluding hydrogens is 238 g/mol. The molecule has 1 aliphatic heterocycles. The number of likely N-dealkylation sites (tertiary alicyclic amines) is 1. The second-order valence-corrected chi connectivity index (χ2v) is 5.43. The van der Waals surface area contributed by atoms with Gasteiger partial charge in [0.25, 0.3) is 0 Å². The number of carbonyl (C=O) groups is 2. The standard InChI is InChI=1S/C12H21NO5/c1-6-17-9(14)12(16)7-13(8(12)2)10(15)18-11(3,4)5/h8,16H,6-7H2,1-5H3/t8-,12?/m0/s1. The summed E-state index contributed by atoms with van der Waals surface area (Å²) in [5.74, 6) is -0.697. The van der Waals surface area contributed by atoms with Crippen molar-refractivity contribution in [1.82, 2.24) is 4.90 Å². The highest BCUT2D eigenvalue weighted by Gasteiger charge is 2.58. The Hall–Kier alpha value is -1.30. The summed E-state index contributed by atoms with van der Waals surface area (Å²) in [7, 11) is 0. The summed E-state index contributed by atoms with van der Waals surface area (Å²) in [6, 6.07) is -0.647. The van der Waals surface area contributed by atoms with E-state index in [1.165, 1.54) is 4.90 Å². The first-order valence-corrected chi connectivity index (χ1v) is 6.01. The van der Waals surface area contributed by atoms with Crippen LogP contribution in [0, 0.1) is 0 Å². The van der Waals surface area contributed by atoms with E-state index in [0.717, 1.165) is 0 Å². The van der Waals surface area contributed by atoms with Crippen molar-refractivity contribution in [2.45, 2.75) is 51.9 Å². The normalized spacial score (nSPS) is 27.4. The molecule has 1 saturated heterocycles. The van der Waals surface area contributed by atoms with Crippen LogP contribution in [-0.2, 0) is 14.3 Å². The van der Waals surface area contributed by atoms with Gasteiger partial charge in [0, 0.05) is 0 Å². The van der Waals surface area contributed by atoms with Crippen molar-refractivity contribution >= 4 is 12.1 Å². The van der Waals surface area contributed by atoms with Crippen LogP contribution < -0.4 is 0 Å². The number of carbonyl (C=O) groups excluding carboxylic acids is 2. The van der Waals surface area contributed by atoms with Gasteiger partial charge in [0.15, 0.2) is 5.60 Å². The molecule has 1 heterocycles. The van der Waals surface area contributed by atoms with Gasteiger partial charge >= 0.3 is 12.1 Å². The summed E-state index contributed by atoms with van der Waals surface area (Å²) < 4.78 is 9.95. The molecule has 0 saturated carbocycles. The van der Waals surface area contributed by atoms with E-state index < -0.39 is 29.3 Å². The van der Waals surface area contributed by atoms with Crippen molar-refractivity contribution in [3.05, 3.63) is 0 Å². The molecule has 0 aromatic carbocycles. The summed E-state index contributed by atoms with van der Waals surface area (Å²) in [5, 5.41) is 10.1. The molecule has 6 nitrogen and oxygen atoms in total. The fraction of sp³-hybridized carbons (Fsp3) is 0.833. The molecule has 18 heavy (non-hydrogen) atoms. The van der Waals surface area contributed by atoms with E-state index in [9.17, 15) is 14.7 Å². The first kappa shape index (κ1) is 14.8. The minimum absolute atomic E-state index is 0.0953. The summed E-state index contributed by atoms with van der Waals surface area (Å²) >= 11 is 0. The third-order valence-corrected chi connectivity index (χ3v) is 2.83. The highest BCUT2D eigenvalue weighted by molar-refractivity contribution is 5.85. The summed E-state index contributed by atoms with van der Waals surface area (Å²) in [6.45, 7) is 8.62. The molecule has 1 rings (SSSR count). The van der Waals surface area contributed by atoms with Crippen LogP contribution in [0.15, 0.2) is 0 Å². The number of ether oxygens (including phenoxy) is 2. The third kappa shape index (κ3) is 2.75. The van der Waals surface area contributed by atoms with Crippen LogP contribution in [0.1, 0.15) is 34.6 Å². The van der Waals surface area contributed by atoms with E-state index >= 15 is 0 Å². The molecule has 0 spiro atoms. The number of hydrogen-bond donors (Lipinski definition) is 1. The van der Waals surface area contributed by atoms with E-state index in [1.54, 1.807) is 34.6 Å². The molecule has 0 aromatic heterocycles. The van der Waals surface area contributed by atoms with Crippen LogP contribution in [0.25, 0.3) is 0 Å². The minimum atomic E-state index is -1.62. The van der Waals surface area contributed by atoms with Crippen LogP contribution in [-0.4, -0.2) is 52.5 Å². The SMILES string of the molecule is CCOC(=O)C1(O)CN(C(=O)OC(C)(C)C)[C@H]1C. The van der Waals surface area contributed by atoms with Crippen LogP contribution in [0.4, 0.5) is 4.79 Å². The molecule has 6 heteroatoms. The van der Waals surface area contributed by atoms with Crippen molar-refractivity contribution < 1.29 is 24.2 Å². The molecule has 1 unspecified atom stereocenters. The smallest absolute Gasteiger partial charge is 0.410 e. The predicted molar refractivity (Wildman–Crippen MR) is 64.0 cm³/mol. The monoisotopic (exact) mass is 259 g/mol. The number of esters is 1. The van der Waals surface area contributed by atoms with Crippen molar-refractivity contribution in [2.24, 2.45) is 0 Å². The van der Waals surface area contributed by atoms with Gasteiger partial charge in [-0.3, -0.25) is 4.90 Å². The second-order valence-electron chi connectivity index (χ2n) is 5.43. The van der Waals surface area contributed by atoms with E-state index in [2.05, 4.69) is 0 Å². The summed E-state index contributed by atoms with van der Waals surface area (Å²) in [5.41, 5.74) is -2.22. The predicted octanol–water partition coefficient (Wildman–Crippen LogP) is 0.920. The van der Waals surface area contributed by atoms with E-state index in [1.807, 2.05) is 0 Å². The third-order valence-electron chi connectivity index (χ3n) is 2.83. The first-order chi connectivity index (χ1) is 8.12. The van der Waals surface area contributed by atoms with Gasteiger partial charge in [0.1, 0.15) is 5.60 Å². The lowest BCUT2D eigenvalue weighted by molar-refractivity contribution is -0.194. The fourth-order valence-corrected chi connectivity index (χ4v) is 1.71. The molecular formula is C12H21NO5. The largest absolute Gasteiger partial charge is 0.464 e. The Morgan fingerprint density at radius 2 is 2.00 bits per heavy atom. The zero-order valence-electron chi connectivity index (χ0n) is 11.5. The van der Waals surface area contributed by atoms with Gasteiger partial charge in [0.05, 0.1) is 19.2 Å². The highest BCUT2D eigenvalue weighted by atomic mass is 16.6. The number of hydrogen-bond acceptors (Lipinski definition) is 5. The quantitative estimate of drug-likeness (QED) is 0.746. The summed E-state index contributed by atoms with van der Waals surface area (Å²) in [4.78, 5) is 24.6. The van der Waals surface area contributed by atoms with Crippen molar-refractivity contribution in [3.63, 3.8) is 0 Å². The average molecular weight is 259 g/mol. The van der Waals surface area contributed by atoms with Crippen molar-refractivity contribution in [1.29, 1.82) is 0 Å². The molecule has 1 fully saturated rings. The molecule has 104 valence electrons. The fourth-order valence-electron chi connectivity index (χ4n) is 1.71. The topological polar surface area (TPSA) is 76.1 Å². The van der Waals surface area contributed by atoms with Gasteiger partial charge < -0.3 is 14.6 Å². The van der Waals surface area contributed by atoms with Crippen molar-refractivity contribution in [3.8, 4) is 0 Å². The molecule has 0 radical (unpaired) electrons. The lowest BCUT2D eigenvalue weighted by Gasteiger charge is -2.50. The molecule has 2 atom stereocenters. The maximum absolute atomic E-state index is 11.8. The number of β-amino-alcohol motifs (C(OH)–C–C–N with tert-alkyl or cyclic N) is 1. The van der Waals surface area contributed by atoms with Gasteiger partial charge in [-0.25, -0.2) is 9.59 Å². The highest BCUT2D eigenvalue weighted by Crippen LogP contribution is 2.31. The van der Waals surface area contributed by atoms with Crippen LogP contribution in [0.3, 0.4) is 0 Å². The second kappa shape index (κ2) is 4.76. The van der Waals surface area contributed by atoms with Gasteiger partial charge in [-0.1, -0.05) is 0 Å². The van der Waals surface area contributed by atoms with E-state index in [4.69, 9.17) is 9.47 Å². The Morgan fingerprint density at radius 3 is 2.39 bits per heavy atom. The average Bonchev–Trinajstić information content (AvgIpc) is 2.22. The maximum atomic E-state index is 11.8. The molecule has 1 N–H and O–H groups in total. The zero-order chi connectivity index (χ0) is 14.1. The first-order valence-electron chi connectivity index (χ1n) is 6.01. The molecule has 0 bridgehead atoms. The molecule has 0 aromatic rings. The van der Waals surface area contributed by atoms with Gasteiger partial charge in [0.2, 0.25) is 0 Å². The Labute approximate surface area is 107 Å². The van der Waals surface area contributed by atoms with Crippen molar-refractivity contribution in [2.75, 3.05) is 13.2 Å². The van der Waals surface area contributed by atoms with Gasteiger partial charge in [-0.05, 0) is 34.6 Å². The minimum Gasteiger partial charge on any atom is -0.464 e. The Bertz CT molecular complexity index is 349. The number of amides is 1. The van der Waals surface area contributed by atoms with E-state index in [0.29, 0.717) is 0 Å². The molecule has 1 aliphatic rings. The van der Waals surface area contributed by atoms with Crippen LogP contribution >= 0.6 is 0 Å². The van der Waals surface area contributed by atoms with Crippen LogP contribution in [0.2, 0.25) is 0 Å². The summed E-state index contributed by atoms with van der Waals surface area (Å²) in [6.07, 6.45) is -0.538.